The van der Waals surface area contributed by atoms with Crippen LogP contribution in [0.15, 0.2) is 64.2 Å². The first-order valence-electron chi connectivity index (χ1n) is 11.8. The fraction of sp³-hybridized carbons (Fsp3) is 0.346. The smallest absolute Gasteiger partial charge is 0.352 e. The van der Waals surface area contributed by atoms with Crippen LogP contribution >= 0.6 is 11.6 Å². The number of carbonyl (C=O) groups is 3. The first-order valence-corrected chi connectivity index (χ1v) is 12.2. The van der Waals surface area contributed by atoms with E-state index in [9.17, 15) is 24.0 Å². The monoisotopic (exact) mass is 541 g/mol. The molecule has 0 unspecified atom stereocenters. The van der Waals surface area contributed by atoms with Crippen LogP contribution in [-0.2, 0) is 29.3 Å². The summed E-state index contributed by atoms with van der Waals surface area (Å²) in [7, 11) is 2.25. The normalized spacial score (nSPS) is 25.4. The van der Waals surface area contributed by atoms with Crippen LogP contribution in [0, 0.1) is 5.41 Å². The van der Waals surface area contributed by atoms with E-state index in [2.05, 4.69) is 0 Å². The topological polar surface area (TPSA) is 128 Å². The fourth-order valence-electron chi connectivity index (χ4n) is 5.89. The first kappa shape index (κ1) is 25.5. The molecule has 0 saturated heterocycles. The molecule has 1 saturated carbocycles. The predicted octanol–water partition coefficient (Wildman–Crippen LogP) is 2.08. The highest BCUT2D eigenvalue weighted by Gasteiger charge is 2.75. The van der Waals surface area contributed by atoms with E-state index in [1.165, 1.54) is 31.2 Å². The average Bonchev–Trinajstić information content (AvgIpc) is 3.21. The molecular formula is C26H24ClN3O8. The van der Waals surface area contributed by atoms with Gasteiger partial charge in [0, 0.05) is 5.02 Å². The molecule has 0 N–H and O–H groups in total. The number of hydrogen-bond acceptors (Lipinski definition) is 8. The third-order valence-corrected chi connectivity index (χ3v) is 7.94. The van der Waals surface area contributed by atoms with Gasteiger partial charge in [0.25, 0.3) is 0 Å². The number of methoxy groups -OCH3 is 2. The van der Waals surface area contributed by atoms with E-state index in [4.69, 9.17) is 25.8 Å². The van der Waals surface area contributed by atoms with Gasteiger partial charge in [-0.15, -0.1) is 0 Å². The summed E-state index contributed by atoms with van der Waals surface area (Å²) in [6.45, 7) is 1.39. The fourth-order valence-corrected chi connectivity index (χ4v) is 6.01. The predicted molar refractivity (Wildman–Crippen MR) is 133 cm³/mol. The molecule has 3 aliphatic rings. The molecule has 6 rings (SSSR count). The molecule has 0 radical (unpaired) electrons. The second kappa shape index (κ2) is 9.02. The van der Waals surface area contributed by atoms with Gasteiger partial charge in [0.2, 0.25) is 0 Å². The van der Waals surface area contributed by atoms with Crippen molar-refractivity contribution < 1.29 is 28.6 Å². The Kier molecular flexibility index (Phi) is 6.06. The van der Waals surface area contributed by atoms with Gasteiger partial charge in [-0.2, -0.15) is 0 Å². The molecular weight excluding hydrogens is 518 g/mol. The summed E-state index contributed by atoms with van der Waals surface area (Å²) in [6.07, 6.45) is -1.27. The van der Waals surface area contributed by atoms with E-state index in [0.29, 0.717) is 5.02 Å². The van der Waals surface area contributed by atoms with Gasteiger partial charge in [0.1, 0.15) is 11.5 Å². The molecule has 0 spiro atoms. The Morgan fingerprint density at radius 1 is 0.921 bits per heavy atom. The maximum Gasteiger partial charge on any atom is 0.352 e. The van der Waals surface area contributed by atoms with Gasteiger partial charge in [-0.25, -0.2) is 33.1 Å². The summed E-state index contributed by atoms with van der Waals surface area (Å²) in [4.78, 5) is 68.0. The molecule has 4 atom stereocenters. The molecule has 1 aliphatic carbocycles. The van der Waals surface area contributed by atoms with Crippen molar-refractivity contribution in [2.45, 2.75) is 37.5 Å². The van der Waals surface area contributed by atoms with Crippen molar-refractivity contribution in [2.24, 2.45) is 5.41 Å². The largest absolute Gasteiger partial charge is 0.468 e. The Hall–Kier alpha value is -4.12. The van der Waals surface area contributed by atoms with Crippen molar-refractivity contribution in [1.82, 2.24) is 13.9 Å². The van der Waals surface area contributed by atoms with E-state index < -0.39 is 52.4 Å². The summed E-state index contributed by atoms with van der Waals surface area (Å²) < 4.78 is 19.1. The lowest BCUT2D eigenvalue weighted by atomic mass is 9.57. The van der Waals surface area contributed by atoms with Crippen molar-refractivity contribution in [1.29, 1.82) is 0 Å². The maximum absolute atomic E-state index is 13.9. The van der Waals surface area contributed by atoms with E-state index >= 15 is 0 Å². The molecule has 2 aromatic carbocycles. The van der Waals surface area contributed by atoms with Crippen LogP contribution < -0.4 is 11.4 Å². The molecule has 3 heterocycles. The number of fused-ring (bicyclic) bond motifs is 2. The Balaban J connectivity index is 1.79. The summed E-state index contributed by atoms with van der Waals surface area (Å²) >= 11 is 5.94. The van der Waals surface area contributed by atoms with Gasteiger partial charge >= 0.3 is 29.3 Å². The molecule has 1 fully saturated rings. The highest BCUT2D eigenvalue weighted by atomic mass is 35.5. The van der Waals surface area contributed by atoms with Crippen molar-refractivity contribution in [3.63, 3.8) is 0 Å². The number of hydrogen-bond donors (Lipinski definition) is 0. The van der Waals surface area contributed by atoms with E-state index in [-0.39, 0.29) is 24.1 Å². The van der Waals surface area contributed by atoms with Gasteiger partial charge in [-0.1, -0.05) is 29.8 Å². The number of rotatable bonds is 5. The molecule has 198 valence electrons. The highest BCUT2D eigenvalue weighted by molar-refractivity contribution is 6.30. The van der Waals surface area contributed by atoms with Crippen LogP contribution in [0.4, 0.5) is 0 Å². The summed E-state index contributed by atoms with van der Waals surface area (Å²) in [6, 6.07) is 13.1. The number of para-hydroxylation sites is 1. The molecule has 0 amide bonds. The SMILES string of the molecule is COC(=O)[C@]1(C)[C@H](OC(=O)c2ccc(Cl)cc2)[C@@H]2CC[C@@]1(C(=O)OC)n1c(=O)n(-c3ccccc3)c(=O)n12. The van der Waals surface area contributed by atoms with Crippen molar-refractivity contribution >= 4 is 29.5 Å². The lowest BCUT2D eigenvalue weighted by molar-refractivity contribution is -0.215. The minimum absolute atomic E-state index is 0.0386. The molecule has 38 heavy (non-hydrogen) atoms. The van der Waals surface area contributed by atoms with Crippen molar-refractivity contribution in [2.75, 3.05) is 14.2 Å². The van der Waals surface area contributed by atoms with Gasteiger partial charge in [-0.05, 0) is 56.2 Å². The Bertz CT molecular complexity index is 1560. The van der Waals surface area contributed by atoms with Crippen LogP contribution in [0.3, 0.4) is 0 Å². The highest BCUT2D eigenvalue weighted by Crippen LogP contribution is 2.57. The van der Waals surface area contributed by atoms with E-state index in [1.54, 1.807) is 30.3 Å². The maximum atomic E-state index is 13.9. The molecule has 2 aliphatic heterocycles. The molecule has 3 aromatic rings. The zero-order valence-electron chi connectivity index (χ0n) is 20.8. The number of carbonyl (C=O) groups excluding carboxylic acids is 3. The van der Waals surface area contributed by atoms with Gasteiger partial charge < -0.3 is 14.2 Å². The summed E-state index contributed by atoms with van der Waals surface area (Å²) in [5.74, 6) is -2.66. The van der Waals surface area contributed by atoms with Gasteiger partial charge in [0.05, 0.1) is 31.5 Å². The zero-order valence-corrected chi connectivity index (χ0v) is 21.5. The third kappa shape index (κ3) is 3.24. The molecule has 2 bridgehead atoms. The molecule has 11 nitrogen and oxygen atoms in total. The van der Waals surface area contributed by atoms with Crippen LogP contribution in [0.5, 0.6) is 0 Å². The minimum Gasteiger partial charge on any atom is -0.468 e. The molecule has 1 aromatic heterocycles. The van der Waals surface area contributed by atoms with Crippen LogP contribution in [-0.4, -0.2) is 52.2 Å². The zero-order chi connectivity index (χ0) is 27.4. The number of halogens is 1. The lowest BCUT2D eigenvalue weighted by Gasteiger charge is -2.57. The van der Waals surface area contributed by atoms with Crippen molar-refractivity contribution in [3.8, 4) is 5.69 Å². The standard InChI is InChI=1S/C26H24ClN3O8/c1-25(21(32)36-2)19(38-20(31)15-9-11-16(27)12-10-15)18-13-14-26(25,22(33)37-3)30-24(35)28(23(34)29(18)30)17-7-5-4-6-8-17/h4-12,18-19H,13-14H2,1-3H3/t18-,19+,25-,26-/m0/s1. The second-order valence-corrected chi connectivity index (χ2v) is 9.81. The number of esters is 3. The number of benzene rings is 2. The van der Waals surface area contributed by atoms with E-state index in [1.807, 2.05) is 0 Å². The lowest BCUT2D eigenvalue weighted by Crippen LogP contribution is -2.75. The Labute approximate surface area is 221 Å². The number of aromatic nitrogens is 3. The van der Waals surface area contributed by atoms with Crippen LogP contribution in [0.1, 0.15) is 36.2 Å². The quantitative estimate of drug-likeness (QED) is 0.355. The number of ether oxygens (including phenoxy) is 3. The average molecular weight is 542 g/mol. The molecule has 12 heteroatoms. The van der Waals surface area contributed by atoms with Gasteiger partial charge in [0.15, 0.2) is 5.54 Å². The summed E-state index contributed by atoms with van der Waals surface area (Å²) in [5.41, 5.74) is -5.16. The Morgan fingerprint density at radius 2 is 1.55 bits per heavy atom. The van der Waals surface area contributed by atoms with Gasteiger partial charge in [-0.3, -0.25) is 4.79 Å². The van der Waals surface area contributed by atoms with Crippen molar-refractivity contribution in [3.05, 3.63) is 86.2 Å². The third-order valence-electron chi connectivity index (χ3n) is 7.69. The van der Waals surface area contributed by atoms with Crippen LogP contribution in [0.25, 0.3) is 5.69 Å². The first-order chi connectivity index (χ1) is 18.1. The van der Waals surface area contributed by atoms with E-state index in [0.717, 1.165) is 28.2 Å². The number of nitrogens with zero attached hydrogens (tertiary/aromatic N) is 3. The van der Waals surface area contributed by atoms with Crippen LogP contribution in [0.2, 0.25) is 5.02 Å². The Morgan fingerprint density at radius 3 is 2.16 bits per heavy atom. The summed E-state index contributed by atoms with van der Waals surface area (Å²) in [5, 5.41) is 0.403. The minimum atomic E-state index is -2.05. The second-order valence-electron chi connectivity index (χ2n) is 9.38.